The molecule has 32 heavy (non-hydrogen) atoms. The Kier molecular flexibility index (Phi) is 7.20. The van der Waals surface area contributed by atoms with E-state index in [0.717, 1.165) is 51.6 Å². The summed E-state index contributed by atoms with van der Waals surface area (Å²) in [6, 6.07) is 6.38. The molecule has 0 atom stereocenters. The Morgan fingerprint density at radius 2 is 1.41 bits per heavy atom. The van der Waals surface area contributed by atoms with Crippen LogP contribution in [0.25, 0.3) is 0 Å². The number of rotatable bonds is 5. The average Bonchev–Trinajstić information content (AvgIpc) is 3.38. The Hall–Kier alpha value is -1.93. The van der Waals surface area contributed by atoms with Gasteiger partial charge in [-0.1, -0.05) is 19.3 Å². The van der Waals surface area contributed by atoms with E-state index in [1.165, 1.54) is 10.7 Å². The molecule has 1 aliphatic carbocycles. The molecule has 2 saturated heterocycles. The summed E-state index contributed by atoms with van der Waals surface area (Å²) >= 11 is 0. The molecule has 0 unspecified atom stereocenters. The number of likely N-dealkylation sites (tertiary alicyclic amines) is 2. The van der Waals surface area contributed by atoms with Gasteiger partial charge < -0.3 is 9.80 Å². The summed E-state index contributed by atoms with van der Waals surface area (Å²) in [4.78, 5) is 29.5. The lowest BCUT2D eigenvalue weighted by atomic mass is 9.95. The zero-order valence-corrected chi connectivity index (χ0v) is 19.9. The number of hydrogen-bond acceptors (Lipinski definition) is 4. The second-order valence-electron chi connectivity index (χ2n) is 9.44. The number of carbonyl (C=O) groups is 2. The summed E-state index contributed by atoms with van der Waals surface area (Å²) in [7, 11) is -1.90. The minimum Gasteiger partial charge on any atom is -0.342 e. The number of nitrogens with zero attached hydrogens (tertiary/aromatic N) is 3. The normalized spacial score (nSPS) is 21.3. The Labute approximate surface area is 191 Å². The molecule has 2 aliphatic heterocycles. The molecule has 176 valence electrons. The van der Waals surface area contributed by atoms with E-state index < -0.39 is 10.0 Å². The third-order valence-corrected chi connectivity index (χ3v) is 9.34. The van der Waals surface area contributed by atoms with E-state index in [0.29, 0.717) is 31.5 Å². The quantitative estimate of drug-likeness (QED) is 0.675. The Morgan fingerprint density at radius 3 is 2.00 bits per heavy atom. The highest BCUT2D eigenvalue weighted by Crippen LogP contribution is 2.27. The van der Waals surface area contributed by atoms with Crippen molar-refractivity contribution < 1.29 is 18.0 Å². The average molecular weight is 462 g/mol. The van der Waals surface area contributed by atoms with Crippen LogP contribution < -0.4 is 0 Å². The van der Waals surface area contributed by atoms with Gasteiger partial charge in [0.1, 0.15) is 0 Å². The number of piperidine rings is 1. The molecular formula is C24H35N3O4S. The lowest BCUT2D eigenvalue weighted by Gasteiger charge is -2.33. The van der Waals surface area contributed by atoms with Gasteiger partial charge in [-0.05, 0) is 62.8 Å². The molecule has 4 rings (SSSR count). The summed E-state index contributed by atoms with van der Waals surface area (Å²) in [6.07, 6.45) is 8.68. The Bertz CT molecular complexity index is 911. The van der Waals surface area contributed by atoms with Crippen LogP contribution in [0.4, 0.5) is 0 Å². The molecule has 0 N–H and O–H groups in total. The first kappa shape index (κ1) is 23.2. The van der Waals surface area contributed by atoms with Crippen LogP contribution in [0, 0.1) is 5.92 Å². The lowest BCUT2D eigenvalue weighted by molar-refractivity contribution is -0.135. The molecule has 0 spiro atoms. The molecule has 0 radical (unpaired) electrons. The predicted octanol–water partition coefficient (Wildman–Crippen LogP) is 3.11. The Balaban J connectivity index is 1.35. The van der Waals surface area contributed by atoms with E-state index in [1.807, 2.05) is 4.90 Å². The minimum atomic E-state index is -3.56. The van der Waals surface area contributed by atoms with Crippen LogP contribution in [0.5, 0.6) is 0 Å². The molecule has 0 bridgehead atoms. The monoisotopic (exact) mass is 461 g/mol. The van der Waals surface area contributed by atoms with Gasteiger partial charge in [-0.15, -0.1) is 0 Å². The zero-order chi connectivity index (χ0) is 22.7. The number of sulfonamides is 1. The van der Waals surface area contributed by atoms with Gasteiger partial charge in [0.05, 0.1) is 4.90 Å². The summed E-state index contributed by atoms with van der Waals surface area (Å²) < 4.78 is 27.5. The van der Waals surface area contributed by atoms with Gasteiger partial charge >= 0.3 is 0 Å². The molecule has 8 heteroatoms. The van der Waals surface area contributed by atoms with Crippen molar-refractivity contribution in [3.63, 3.8) is 0 Å². The number of carbonyl (C=O) groups excluding carboxylic acids is 2. The fourth-order valence-corrected chi connectivity index (χ4v) is 6.70. The molecule has 7 nitrogen and oxygen atoms in total. The maximum Gasteiger partial charge on any atom is 0.253 e. The topological polar surface area (TPSA) is 78.0 Å². The second kappa shape index (κ2) is 9.91. The van der Waals surface area contributed by atoms with Crippen LogP contribution >= 0.6 is 0 Å². The third kappa shape index (κ3) is 4.86. The molecule has 3 aliphatic rings. The largest absolute Gasteiger partial charge is 0.342 e. The van der Waals surface area contributed by atoms with E-state index in [2.05, 4.69) is 0 Å². The highest BCUT2D eigenvalue weighted by molar-refractivity contribution is 7.89. The number of hydrogen-bond donors (Lipinski definition) is 0. The summed E-state index contributed by atoms with van der Waals surface area (Å²) in [5.41, 5.74) is 0.494. The van der Waals surface area contributed by atoms with Gasteiger partial charge in [0, 0.05) is 50.7 Å². The van der Waals surface area contributed by atoms with Crippen molar-refractivity contribution in [3.05, 3.63) is 29.8 Å². The van der Waals surface area contributed by atoms with E-state index in [1.54, 1.807) is 36.2 Å². The minimum absolute atomic E-state index is 0.0139. The van der Waals surface area contributed by atoms with Crippen LogP contribution in [-0.4, -0.2) is 73.6 Å². The maximum atomic E-state index is 13.0. The fraction of sp³-hybridized carbons (Fsp3) is 0.667. The second-order valence-corrected chi connectivity index (χ2v) is 11.4. The SMILES string of the molecule is CN(C1CCCCC1)S(=O)(=O)c1ccc(C(=O)N2CCC(C(=O)N3CCCC3)CC2)cc1. The van der Waals surface area contributed by atoms with Crippen LogP contribution in [0.15, 0.2) is 29.2 Å². The lowest BCUT2D eigenvalue weighted by Crippen LogP contribution is -2.43. The molecular weight excluding hydrogens is 426 g/mol. The molecule has 0 aromatic heterocycles. The molecule has 2 heterocycles. The van der Waals surface area contributed by atoms with E-state index in [4.69, 9.17) is 0 Å². The number of benzene rings is 1. The van der Waals surface area contributed by atoms with Crippen LogP contribution in [0.2, 0.25) is 0 Å². The summed E-state index contributed by atoms with van der Waals surface area (Å²) in [5.74, 6) is 0.160. The van der Waals surface area contributed by atoms with Crippen molar-refractivity contribution in [3.8, 4) is 0 Å². The molecule has 2 amide bonds. The zero-order valence-electron chi connectivity index (χ0n) is 19.0. The first-order valence-electron chi connectivity index (χ1n) is 12.0. The van der Waals surface area contributed by atoms with Gasteiger partial charge in [0.15, 0.2) is 0 Å². The van der Waals surface area contributed by atoms with Crippen molar-refractivity contribution in [1.29, 1.82) is 0 Å². The molecule has 3 fully saturated rings. The Morgan fingerprint density at radius 1 is 0.812 bits per heavy atom. The summed E-state index contributed by atoms with van der Waals surface area (Å²) in [6.45, 7) is 2.85. The van der Waals surface area contributed by atoms with E-state index >= 15 is 0 Å². The van der Waals surface area contributed by atoms with Gasteiger partial charge in [-0.25, -0.2) is 8.42 Å². The van der Waals surface area contributed by atoms with Crippen LogP contribution in [0.3, 0.4) is 0 Å². The third-order valence-electron chi connectivity index (χ3n) is 7.42. The van der Waals surface area contributed by atoms with Crippen molar-refractivity contribution in [2.75, 3.05) is 33.2 Å². The standard InChI is InChI=1S/C24H35N3O4S/c1-25(21-7-3-2-4-8-21)32(30,31)22-11-9-19(10-12-22)23(28)27-17-13-20(14-18-27)24(29)26-15-5-6-16-26/h9-12,20-21H,2-8,13-18H2,1H3. The highest BCUT2D eigenvalue weighted by Gasteiger charge is 2.32. The van der Waals surface area contributed by atoms with E-state index in [9.17, 15) is 18.0 Å². The molecule has 1 aromatic rings. The first-order valence-corrected chi connectivity index (χ1v) is 13.5. The molecule has 1 saturated carbocycles. The van der Waals surface area contributed by atoms with Crippen LogP contribution in [0.1, 0.15) is 68.1 Å². The smallest absolute Gasteiger partial charge is 0.253 e. The predicted molar refractivity (Wildman–Crippen MR) is 123 cm³/mol. The van der Waals surface area contributed by atoms with Gasteiger partial charge in [-0.2, -0.15) is 4.31 Å². The fourth-order valence-electron chi connectivity index (χ4n) is 5.28. The van der Waals surface area contributed by atoms with Gasteiger partial charge in [0.2, 0.25) is 15.9 Å². The van der Waals surface area contributed by atoms with Crippen LogP contribution in [-0.2, 0) is 14.8 Å². The van der Waals surface area contributed by atoms with Crippen molar-refractivity contribution in [2.45, 2.75) is 68.7 Å². The highest BCUT2D eigenvalue weighted by atomic mass is 32.2. The molecule has 1 aromatic carbocycles. The van der Waals surface area contributed by atoms with Gasteiger partial charge in [-0.3, -0.25) is 9.59 Å². The van der Waals surface area contributed by atoms with Crippen molar-refractivity contribution >= 4 is 21.8 Å². The van der Waals surface area contributed by atoms with Crippen molar-refractivity contribution in [2.24, 2.45) is 5.92 Å². The first-order chi connectivity index (χ1) is 15.4. The van der Waals surface area contributed by atoms with Crippen molar-refractivity contribution in [1.82, 2.24) is 14.1 Å². The van der Waals surface area contributed by atoms with Gasteiger partial charge in [0.25, 0.3) is 5.91 Å². The maximum absolute atomic E-state index is 13.0. The summed E-state index contributed by atoms with van der Waals surface area (Å²) in [5, 5.41) is 0. The van der Waals surface area contributed by atoms with E-state index in [-0.39, 0.29) is 28.7 Å². The number of amides is 2.